The number of benzene rings is 1. The van der Waals surface area contributed by atoms with Gasteiger partial charge in [-0.3, -0.25) is 10.1 Å². The molecule has 2 rings (SSSR count). The first-order valence-corrected chi connectivity index (χ1v) is 5.11. The number of anilines is 1. The molecule has 1 atom stereocenters. The Balaban J connectivity index is 2.33. The summed E-state index contributed by atoms with van der Waals surface area (Å²) in [6.07, 6.45) is 0. The Morgan fingerprint density at radius 2 is 2.41 bits per heavy atom. The first-order chi connectivity index (χ1) is 8.10. The molecule has 2 aromatic rings. The number of aliphatic hydroxyl groups excluding tert-OH is 1. The summed E-state index contributed by atoms with van der Waals surface area (Å²) in [6, 6.07) is 4.28. The molecule has 0 bridgehead atoms. The minimum atomic E-state index is -0.455. The van der Waals surface area contributed by atoms with Crippen molar-refractivity contribution in [3.63, 3.8) is 0 Å². The van der Waals surface area contributed by atoms with Crippen LogP contribution in [0.3, 0.4) is 0 Å². The van der Waals surface area contributed by atoms with Gasteiger partial charge in [-0.05, 0) is 13.0 Å². The summed E-state index contributed by atoms with van der Waals surface area (Å²) in [5.74, 6) is 0.488. The van der Waals surface area contributed by atoms with Crippen LogP contribution >= 0.6 is 0 Å². The number of nitrogens with one attached hydrogen (secondary N) is 2. The van der Waals surface area contributed by atoms with E-state index in [0.29, 0.717) is 17.0 Å². The van der Waals surface area contributed by atoms with Crippen LogP contribution in [0.1, 0.15) is 6.92 Å². The highest BCUT2D eigenvalue weighted by Gasteiger charge is 2.10. The fourth-order valence-electron chi connectivity index (χ4n) is 1.46. The number of hydrogen-bond donors (Lipinski definition) is 3. The van der Waals surface area contributed by atoms with Gasteiger partial charge >= 0.3 is 0 Å². The number of nitrogens with zero attached hydrogens (tertiary/aromatic N) is 2. The van der Waals surface area contributed by atoms with Gasteiger partial charge in [-0.1, -0.05) is 0 Å². The van der Waals surface area contributed by atoms with Crippen molar-refractivity contribution in [1.82, 2.24) is 9.97 Å². The normalized spacial score (nSPS) is 12.6. The highest BCUT2D eigenvalue weighted by Crippen LogP contribution is 2.20. The lowest BCUT2D eigenvalue weighted by Crippen LogP contribution is -2.19. The van der Waals surface area contributed by atoms with E-state index < -0.39 is 4.92 Å². The molecule has 0 amide bonds. The molecule has 1 unspecified atom stereocenters. The summed E-state index contributed by atoms with van der Waals surface area (Å²) in [7, 11) is 0. The van der Waals surface area contributed by atoms with Crippen molar-refractivity contribution in [3.8, 4) is 0 Å². The average Bonchev–Trinajstić information content (AvgIpc) is 2.69. The third-order valence-corrected chi connectivity index (χ3v) is 2.33. The van der Waals surface area contributed by atoms with Crippen molar-refractivity contribution in [1.29, 1.82) is 0 Å². The first-order valence-electron chi connectivity index (χ1n) is 5.11. The smallest absolute Gasteiger partial charge is 0.271 e. The molecule has 0 saturated heterocycles. The average molecular weight is 236 g/mol. The summed E-state index contributed by atoms with van der Waals surface area (Å²) >= 11 is 0. The van der Waals surface area contributed by atoms with Gasteiger partial charge in [-0.2, -0.15) is 0 Å². The standard InChI is InChI=1S/C10H12N4O3/c1-6(5-15)11-10-12-8-3-2-7(14(16)17)4-9(8)13-10/h2-4,6,15H,5H2,1H3,(H2,11,12,13). The Kier molecular flexibility index (Phi) is 2.92. The number of non-ortho nitro benzene ring substituents is 1. The third kappa shape index (κ3) is 2.34. The molecule has 0 saturated carbocycles. The van der Waals surface area contributed by atoms with Crippen LogP contribution in [-0.2, 0) is 0 Å². The molecule has 0 aliphatic rings. The van der Waals surface area contributed by atoms with Crippen LogP contribution in [0.5, 0.6) is 0 Å². The largest absolute Gasteiger partial charge is 0.394 e. The van der Waals surface area contributed by atoms with E-state index in [-0.39, 0.29) is 18.3 Å². The highest BCUT2D eigenvalue weighted by atomic mass is 16.6. The number of imidazole rings is 1. The van der Waals surface area contributed by atoms with Crippen molar-refractivity contribution in [2.24, 2.45) is 0 Å². The van der Waals surface area contributed by atoms with Gasteiger partial charge in [0, 0.05) is 18.2 Å². The summed E-state index contributed by atoms with van der Waals surface area (Å²) in [5.41, 5.74) is 1.25. The van der Waals surface area contributed by atoms with Crippen molar-refractivity contribution >= 4 is 22.7 Å². The maximum absolute atomic E-state index is 10.6. The zero-order valence-electron chi connectivity index (χ0n) is 9.17. The number of aromatic nitrogens is 2. The molecule has 0 aliphatic heterocycles. The third-order valence-electron chi connectivity index (χ3n) is 2.33. The van der Waals surface area contributed by atoms with Crippen molar-refractivity contribution < 1.29 is 10.0 Å². The summed E-state index contributed by atoms with van der Waals surface area (Å²) in [6.45, 7) is 1.78. The van der Waals surface area contributed by atoms with Crippen molar-refractivity contribution in [2.75, 3.05) is 11.9 Å². The number of rotatable bonds is 4. The first kappa shape index (κ1) is 11.3. The lowest BCUT2D eigenvalue weighted by atomic mass is 10.3. The maximum Gasteiger partial charge on any atom is 0.271 e. The van der Waals surface area contributed by atoms with Crippen LogP contribution < -0.4 is 5.32 Å². The van der Waals surface area contributed by atoms with E-state index in [0.717, 1.165) is 0 Å². The zero-order chi connectivity index (χ0) is 12.4. The van der Waals surface area contributed by atoms with E-state index in [1.165, 1.54) is 12.1 Å². The van der Waals surface area contributed by atoms with E-state index in [1.54, 1.807) is 13.0 Å². The molecular weight excluding hydrogens is 224 g/mol. The summed E-state index contributed by atoms with van der Waals surface area (Å²) in [5, 5.41) is 22.4. The molecule has 1 aromatic heterocycles. The Morgan fingerprint density at radius 3 is 3.06 bits per heavy atom. The molecule has 7 heteroatoms. The van der Waals surface area contributed by atoms with Gasteiger partial charge in [-0.25, -0.2) is 4.98 Å². The molecule has 3 N–H and O–H groups in total. The number of hydrogen-bond acceptors (Lipinski definition) is 5. The quantitative estimate of drug-likeness (QED) is 0.547. The predicted molar refractivity (Wildman–Crippen MR) is 62.9 cm³/mol. The number of nitro benzene ring substituents is 1. The lowest BCUT2D eigenvalue weighted by Gasteiger charge is -2.07. The molecule has 90 valence electrons. The molecular formula is C10H12N4O3. The van der Waals surface area contributed by atoms with Gasteiger partial charge in [0.15, 0.2) is 0 Å². The number of aliphatic hydroxyl groups is 1. The fraction of sp³-hybridized carbons (Fsp3) is 0.300. The summed E-state index contributed by atoms with van der Waals surface area (Å²) in [4.78, 5) is 17.3. The molecule has 7 nitrogen and oxygen atoms in total. The molecule has 17 heavy (non-hydrogen) atoms. The molecule has 1 aromatic carbocycles. The van der Waals surface area contributed by atoms with Gasteiger partial charge in [-0.15, -0.1) is 0 Å². The molecule has 0 aliphatic carbocycles. The van der Waals surface area contributed by atoms with E-state index >= 15 is 0 Å². The van der Waals surface area contributed by atoms with E-state index in [1.807, 2.05) is 0 Å². The molecule has 0 spiro atoms. The van der Waals surface area contributed by atoms with Crippen molar-refractivity contribution in [2.45, 2.75) is 13.0 Å². The molecule has 1 heterocycles. The molecule has 0 fully saturated rings. The van der Waals surface area contributed by atoms with Crippen LogP contribution in [-0.4, -0.2) is 32.6 Å². The second kappa shape index (κ2) is 4.38. The minimum Gasteiger partial charge on any atom is -0.394 e. The lowest BCUT2D eigenvalue weighted by molar-refractivity contribution is -0.384. The van der Waals surface area contributed by atoms with Gasteiger partial charge in [0.05, 0.1) is 22.6 Å². The number of H-pyrrole nitrogens is 1. The van der Waals surface area contributed by atoms with Gasteiger partial charge < -0.3 is 15.4 Å². The van der Waals surface area contributed by atoms with Crippen molar-refractivity contribution in [3.05, 3.63) is 28.3 Å². The van der Waals surface area contributed by atoms with E-state index in [9.17, 15) is 10.1 Å². The second-order valence-electron chi connectivity index (χ2n) is 3.77. The predicted octanol–water partition coefficient (Wildman–Crippen LogP) is 1.26. The van der Waals surface area contributed by atoms with Crippen LogP contribution in [0, 0.1) is 10.1 Å². The fourth-order valence-corrected chi connectivity index (χ4v) is 1.46. The molecule has 0 radical (unpaired) electrons. The Morgan fingerprint density at radius 1 is 1.65 bits per heavy atom. The zero-order valence-corrected chi connectivity index (χ0v) is 9.17. The topological polar surface area (TPSA) is 104 Å². The number of nitro groups is 1. The minimum absolute atomic E-state index is 0.0166. The maximum atomic E-state index is 10.6. The Labute approximate surface area is 96.6 Å². The van der Waals surface area contributed by atoms with E-state index in [4.69, 9.17) is 5.11 Å². The number of fused-ring (bicyclic) bond motifs is 1. The Bertz CT molecular complexity index is 551. The monoisotopic (exact) mass is 236 g/mol. The van der Waals surface area contributed by atoms with Gasteiger partial charge in [0.25, 0.3) is 5.69 Å². The van der Waals surface area contributed by atoms with Crippen LogP contribution in [0.2, 0.25) is 0 Å². The van der Waals surface area contributed by atoms with Crippen LogP contribution in [0.15, 0.2) is 18.2 Å². The highest BCUT2D eigenvalue weighted by molar-refractivity contribution is 5.79. The SMILES string of the molecule is CC(CO)Nc1nc2ccc([N+](=O)[O-])cc2[nH]1. The Hall–Kier alpha value is -2.15. The number of aromatic amines is 1. The van der Waals surface area contributed by atoms with Gasteiger partial charge in [0.2, 0.25) is 5.95 Å². The van der Waals surface area contributed by atoms with Crippen LogP contribution in [0.4, 0.5) is 11.6 Å². The van der Waals surface area contributed by atoms with Gasteiger partial charge in [0.1, 0.15) is 0 Å². The summed E-state index contributed by atoms with van der Waals surface area (Å²) < 4.78 is 0. The van der Waals surface area contributed by atoms with Crippen LogP contribution in [0.25, 0.3) is 11.0 Å². The second-order valence-corrected chi connectivity index (χ2v) is 3.77. The van der Waals surface area contributed by atoms with E-state index in [2.05, 4.69) is 15.3 Å².